The molecule has 0 aliphatic rings. The average Bonchev–Trinajstić information content (AvgIpc) is 2.17. The van der Waals surface area contributed by atoms with Gasteiger partial charge in [-0.15, -0.1) is 12.4 Å². The first-order chi connectivity index (χ1) is 6.95. The van der Waals surface area contributed by atoms with Crippen molar-refractivity contribution in [3.63, 3.8) is 0 Å². The summed E-state index contributed by atoms with van der Waals surface area (Å²) in [5, 5.41) is 0. The Balaban J connectivity index is 0.00000225. The van der Waals surface area contributed by atoms with E-state index in [9.17, 15) is 8.42 Å². The maximum atomic E-state index is 11.6. The molecule has 0 N–H and O–H groups in total. The Hall–Kier alpha value is -1.07. The molecule has 0 bridgehead atoms. The number of aryl methyl sites for hydroxylation is 1. The third-order valence-electron chi connectivity index (χ3n) is 1.85. The Bertz CT molecular complexity index is 465. The van der Waals surface area contributed by atoms with Crippen LogP contribution in [0.3, 0.4) is 0 Å². The summed E-state index contributed by atoms with van der Waals surface area (Å²) in [5.74, 6) is 0.121. The summed E-state index contributed by atoms with van der Waals surface area (Å²) in [6.07, 6.45) is 0. The van der Waals surface area contributed by atoms with Gasteiger partial charge in [0.2, 0.25) is 5.90 Å². The molecule has 0 aliphatic carbocycles. The molecule has 0 saturated heterocycles. The van der Waals surface area contributed by atoms with Gasteiger partial charge in [-0.2, -0.15) is 8.42 Å². The summed E-state index contributed by atoms with van der Waals surface area (Å²) >= 11 is 0. The van der Waals surface area contributed by atoms with Gasteiger partial charge >= 0.3 is 10.1 Å². The van der Waals surface area contributed by atoms with Crippen molar-refractivity contribution >= 4 is 28.4 Å². The lowest BCUT2D eigenvalue weighted by molar-refractivity contribution is 0.479. The van der Waals surface area contributed by atoms with Gasteiger partial charge in [0.1, 0.15) is 4.90 Å². The molecule has 0 saturated carbocycles. The lowest BCUT2D eigenvalue weighted by Gasteiger charge is -2.05. The average molecular weight is 264 g/mol. The fourth-order valence-corrected chi connectivity index (χ4v) is 1.91. The van der Waals surface area contributed by atoms with Crippen molar-refractivity contribution < 1.29 is 12.6 Å². The zero-order valence-corrected chi connectivity index (χ0v) is 10.9. The van der Waals surface area contributed by atoms with Gasteiger partial charge in [0.15, 0.2) is 0 Å². The van der Waals surface area contributed by atoms with Crippen molar-refractivity contribution in [1.29, 1.82) is 0 Å². The molecular weight excluding hydrogens is 250 g/mol. The first kappa shape index (κ1) is 14.9. The normalized spacial score (nSPS) is 11.8. The molecule has 0 unspecified atom stereocenters. The summed E-state index contributed by atoms with van der Waals surface area (Å²) in [5.41, 5.74) is 0.995. The summed E-state index contributed by atoms with van der Waals surface area (Å²) in [4.78, 5) is 3.77. The maximum absolute atomic E-state index is 11.6. The van der Waals surface area contributed by atoms with Crippen LogP contribution in [0.2, 0.25) is 0 Å². The molecule has 6 heteroatoms. The summed E-state index contributed by atoms with van der Waals surface area (Å²) in [6.45, 7) is 3.38. The van der Waals surface area contributed by atoms with E-state index in [0.717, 1.165) is 5.56 Å². The van der Waals surface area contributed by atoms with Crippen LogP contribution in [0.1, 0.15) is 12.5 Å². The van der Waals surface area contributed by atoms with Crippen LogP contribution in [0.15, 0.2) is 34.2 Å². The highest BCUT2D eigenvalue weighted by Crippen LogP contribution is 2.13. The molecule has 1 aromatic rings. The summed E-state index contributed by atoms with van der Waals surface area (Å²) < 4.78 is 28.0. The molecule has 0 aliphatic heterocycles. The molecule has 1 rings (SSSR count). The van der Waals surface area contributed by atoms with Crippen LogP contribution >= 0.6 is 12.4 Å². The van der Waals surface area contributed by atoms with E-state index in [2.05, 4.69) is 4.99 Å². The van der Waals surface area contributed by atoms with Crippen molar-refractivity contribution in [3.8, 4) is 0 Å². The molecule has 90 valence electrons. The quantitative estimate of drug-likeness (QED) is 0.467. The number of hydrogen-bond acceptors (Lipinski definition) is 4. The SMILES string of the molecule is CN=C(C)OS(=O)(=O)c1ccc(C)cc1.Cl. The van der Waals surface area contributed by atoms with Crippen molar-refractivity contribution in [1.82, 2.24) is 0 Å². The fraction of sp³-hybridized carbons (Fsp3) is 0.300. The van der Waals surface area contributed by atoms with Crippen molar-refractivity contribution in [2.45, 2.75) is 18.7 Å². The molecule has 0 fully saturated rings. The van der Waals surface area contributed by atoms with Gasteiger partial charge in [-0.25, -0.2) is 0 Å². The number of nitrogens with zero attached hydrogens (tertiary/aromatic N) is 1. The Labute approximate surface area is 102 Å². The molecule has 0 amide bonds. The van der Waals surface area contributed by atoms with Gasteiger partial charge in [-0.3, -0.25) is 4.99 Å². The highest BCUT2D eigenvalue weighted by atomic mass is 35.5. The molecule has 1 aromatic carbocycles. The standard InChI is InChI=1S/C10H13NO3S.ClH/c1-8-4-6-10(7-5-8)15(12,13)14-9(2)11-3;/h4-7H,1-3H3;1H. The lowest BCUT2D eigenvalue weighted by atomic mass is 10.2. The van der Waals surface area contributed by atoms with Crippen LogP contribution in [-0.4, -0.2) is 21.4 Å². The molecule has 4 nitrogen and oxygen atoms in total. The van der Waals surface area contributed by atoms with Crippen LogP contribution in [0.5, 0.6) is 0 Å². The monoisotopic (exact) mass is 263 g/mol. The van der Waals surface area contributed by atoms with Crippen molar-refractivity contribution in [3.05, 3.63) is 29.8 Å². The Kier molecular flexibility index (Phi) is 5.47. The smallest absolute Gasteiger partial charge is 0.340 e. The topological polar surface area (TPSA) is 55.7 Å². The maximum Gasteiger partial charge on any atom is 0.340 e. The zero-order chi connectivity index (χ0) is 11.5. The van der Waals surface area contributed by atoms with E-state index in [1.807, 2.05) is 6.92 Å². The van der Waals surface area contributed by atoms with E-state index in [1.54, 1.807) is 12.1 Å². The van der Waals surface area contributed by atoms with Gasteiger partial charge < -0.3 is 4.18 Å². The van der Waals surface area contributed by atoms with Crippen LogP contribution in [0.25, 0.3) is 0 Å². The van der Waals surface area contributed by atoms with Gasteiger partial charge in [-0.1, -0.05) is 17.7 Å². The van der Waals surface area contributed by atoms with Crippen molar-refractivity contribution in [2.75, 3.05) is 7.05 Å². The number of aliphatic imine (C=N–C) groups is 1. The first-order valence-corrected chi connectivity index (χ1v) is 5.81. The van der Waals surface area contributed by atoms with Gasteiger partial charge in [0.05, 0.1) is 0 Å². The second-order valence-corrected chi connectivity index (χ2v) is 4.64. The van der Waals surface area contributed by atoms with E-state index >= 15 is 0 Å². The summed E-state index contributed by atoms with van der Waals surface area (Å²) in [7, 11) is -2.25. The van der Waals surface area contributed by atoms with Crippen LogP contribution in [-0.2, 0) is 14.3 Å². The molecule has 0 aromatic heterocycles. The number of benzene rings is 1. The van der Waals surface area contributed by atoms with Crippen LogP contribution < -0.4 is 0 Å². The number of hydrogen-bond donors (Lipinski definition) is 0. The Morgan fingerprint density at radius 2 is 1.75 bits per heavy atom. The summed E-state index contributed by atoms with van der Waals surface area (Å²) in [6, 6.07) is 6.45. The predicted octanol–water partition coefficient (Wildman–Crippen LogP) is 2.17. The molecular formula is C10H14ClNO3S. The van der Waals surface area contributed by atoms with Crippen LogP contribution in [0, 0.1) is 6.92 Å². The number of rotatable bonds is 2. The van der Waals surface area contributed by atoms with E-state index in [1.165, 1.54) is 26.1 Å². The minimum absolute atomic E-state index is 0. The van der Waals surface area contributed by atoms with E-state index in [4.69, 9.17) is 4.18 Å². The third kappa shape index (κ3) is 3.83. The molecule has 0 atom stereocenters. The molecule has 0 heterocycles. The Morgan fingerprint density at radius 3 is 2.19 bits per heavy atom. The van der Waals surface area contributed by atoms with Crippen molar-refractivity contribution in [2.24, 2.45) is 4.99 Å². The first-order valence-electron chi connectivity index (χ1n) is 4.40. The number of halogens is 1. The lowest BCUT2D eigenvalue weighted by Crippen LogP contribution is -2.10. The van der Waals surface area contributed by atoms with E-state index < -0.39 is 10.1 Å². The van der Waals surface area contributed by atoms with Gasteiger partial charge in [-0.05, 0) is 19.1 Å². The third-order valence-corrected chi connectivity index (χ3v) is 3.16. The zero-order valence-electron chi connectivity index (χ0n) is 9.30. The molecule has 16 heavy (non-hydrogen) atoms. The minimum atomic E-state index is -3.72. The second kappa shape index (κ2) is 5.86. The highest BCUT2D eigenvalue weighted by molar-refractivity contribution is 7.87. The largest absolute Gasteiger partial charge is 0.364 e. The second-order valence-electron chi connectivity index (χ2n) is 3.09. The fourth-order valence-electron chi connectivity index (χ4n) is 0.949. The van der Waals surface area contributed by atoms with Crippen LogP contribution in [0.4, 0.5) is 0 Å². The molecule has 0 radical (unpaired) electrons. The van der Waals surface area contributed by atoms with E-state index in [0.29, 0.717) is 0 Å². The van der Waals surface area contributed by atoms with Gasteiger partial charge in [0, 0.05) is 14.0 Å². The molecule has 0 spiro atoms. The highest BCUT2D eigenvalue weighted by Gasteiger charge is 2.15. The van der Waals surface area contributed by atoms with E-state index in [-0.39, 0.29) is 23.2 Å². The van der Waals surface area contributed by atoms with Gasteiger partial charge in [0.25, 0.3) is 0 Å². The Morgan fingerprint density at radius 1 is 1.25 bits per heavy atom. The predicted molar refractivity (Wildman–Crippen MR) is 65.7 cm³/mol. The minimum Gasteiger partial charge on any atom is -0.364 e.